The number of aryl methyl sites for hydroxylation is 1. The van der Waals surface area contributed by atoms with Gasteiger partial charge in [-0.1, -0.05) is 6.07 Å². The summed E-state index contributed by atoms with van der Waals surface area (Å²) in [5.41, 5.74) is 4.22. The van der Waals surface area contributed by atoms with Gasteiger partial charge in [0, 0.05) is 67.2 Å². The molecule has 3 heterocycles. The van der Waals surface area contributed by atoms with Crippen molar-refractivity contribution in [2.75, 3.05) is 42.9 Å². The molecule has 0 spiro atoms. The number of halogens is 3. The van der Waals surface area contributed by atoms with Crippen LogP contribution in [0.1, 0.15) is 12.0 Å². The lowest BCUT2D eigenvalue weighted by molar-refractivity contribution is -0.274. The largest absolute Gasteiger partial charge is 0.573 e. The third-order valence-corrected chi connectivity index (χ3v) is 6.20. The molecule has 0 saturated carbocycles. The highest BCUT2D eigenvalue weighted by atomic mass is 19.4. The highest BCUT2D eigenvalue weighted by Gasteiger charge is 2.32. The second kappa shape index (κ2) is 8.00. The number of ether oxygens (including phenoxy) is 1. The van der Waals surface area contributed by atoms with Crippen molar-refractivity contribution in [2.24, 2.45) is 0 Å². The van der Waals surface area contributed by atoms with Crippen LogP contribution in [0, 0.1) is 0 Å². The summed E-state index contributed by atoms with van der Waals surface area (Å²) in [6.07, 6.45) is -1.04. The van der Waals surface area contributed by atoms with Crippen LogP contribution in [0.2, 0.25) is 0 Å². The standard InChI is InChI=1S/C23H25F3N4O/c24-23(25,26)31-18-6-7-20-16(14-18)4-5-17(28-20)15-29-10-12-30(13-11-29)22-3-1-2-21-19(22)8-9-27-21/h1-3,6-9,14,17,27-28H,4-5,10-13,15H2. The molecule has 2 aliphatic heterocycles. The molecule has 1 fully saturated rings. The van der Waals surface area contributed by atoms with Crippen LogP contribution in [0.4, 0.5) is 24.5 Å². The molecule has 3 aromatic rings. The zero-order valence-electron chi connectivity index (χ0n) is 17.1. The Morgan fingerprint density at radius 1 is 1.03 bits per heavy atom. The number of hydrogen-bond donors (Lipinski definition) is 2. The first-order chi connectivity index (χ1) is 14.9. The SMILES string of the molecule is FC(F)(F)Oc1ccc2c(c1)CCC(CN1CCN(c3cccc4[nH]ccc34)CC1)N2. The smallest absolute Gasteiger partial charge is 0.406 e. The molecule has 5 nitrogen and oxygen atoms in total. The molecule has 0 radical (unpaired) electrons. The van der Waals surface area contributed by atoms with Gasteiger partial charge in [-0.05, 0) is 54.8 Å². The van der Waals surface area contributed by atoms with Crippen molar-refractivity contribution in [1.82, 2.24) is 9.88 Å². The molecule has 31 heavy (non-hydrogen) atoms. The Hall–Kier alpha value is -2.87. The maximum absolute atomic E-state index is 12.4. The van der Waals surface area contributed by atoms with E-state index in [-0.39, 0.29) is 5.75 Å². The zero-order chi connectivity index (χ0) is 21.4. The van der Waals surface area contributed by atoms with Gasteiger partial charge in [-0.2, -0.15) is 0 Å². The van der Waals surface area contributed by atoms with Gasteiger partial charge in [-0.25, -0.2) is 0 Å². The topological polar surface area (TPSA) is 43.5 Å². The molecule has 0 bridgehead atoms. The molecule has 164 valence electrons. The molecular formula is C23H25F3N4O. The average molecular weight is 430 g/mol. The van der Waals surface area contributed by atoms with Crippen molar-refractivity contribution >= 4 is 22.3 Å². The molecule has 1 unspecified atom stereocenters. The highest BCUT2D eigenvalue weighted by Crippen LogP contribution is 2.32. The van der Waals surface area contributed by atoms with Crippen LogP contribution in [-0.4, -0.2) is 55.0 Å². The van der Waals surface area contributed by atoms with Crippen LogP contribution in [0.3, 0.4) is 0 Å². The fraction of sp³-hybridized carbons (Fsp3) is 0.391. The predicted octanol–water partition coefficient (Wildman–Crippen LogP) is 4.62. The number of anilines is 2. The number of piperazine rings is 1. The molecule has 2 aromatic carbocycles. The lowest BCUT2D eigenvalue weighted by atomic mass is 9.97. The number of benzene rings is 2. The molecular weight excluding hydrogens is 405 g/mol. The Kier molecular flexibility index (Phi) is 5.17. The second-order valence-electron chi connectivity index (χ2n) is 8.25. The van der Waals surface area contributed by atoms with Gasteiger partial charge in [0.15, 0.2) is 0 Å². The Labute approximate surface area is 178 Å². The van der Waals surface area contributed by atoms with Gasteiger partial charge in [0.2, 0.25) is 0 Å². The van der Waals surface area contributed by atoms with Crippen molar-refractivity contribution in [3.63, 3.8) is 0 Å². The number of rotatable bonds is 4. The summed E-state index contributed by atoms with van der Waals surface area (Å²) < 4.78 is 41.4. The molecule has 5 rings (SSSR count). The number of fused-ring (bicyclic) bond motifs is 2. The van der Waals surface area contributed by atoms with E-state index in [1.807, 2.05) is 6.20 Å². The van der Waals surface area contributed by atoms with E-state index in [0.717, 1.165) is 62.3 Å². The van der Waals surface area contributed by atoms with E-state index >= 15 is 0 Å². The molecule has 1 atom stereocenters. The highest BCUT2D eigenvalue weighted by molar-refractivity contribution is 5.92. The molecule has 1 saturated heterocycles. The van der Waals surface area contributed by atoms with E-state index in [9.17, 15) is 13.2 Å². The quantitative estimate of drug-likeness (QED) is 0.634. The second-order valence-corrected chi connectivity index (χ2v) is 8.25. The normalized spacial score (nSPS) is 19.8. The number of aromatic nitrogens is 1. The predicted molar refractivity (Wildman–Crippen MR) is 116 cm³/mol. The minimum atomic E-state index is -4.66. The number of H-pyrrole nitrogens is 1. The van der Waals surface area contributed by atoms with E-state index in [4.69, 9.17) is 0 Å². The van der Waals surface area contributed by atoms with Crippen LogP contribution in [0.5, 0.6) is 5.75 Å². The summed E-state index contributed by atoms with van der Waals surface area (Å²) in [5, 5.41) is 4.76. The van der Waals surface area contributed by atoms with Gasteiger partial charge < -0.3 is 19.9 Å². The van der Waals surface area contributed by atoms with Crippen molar-refractivity contribution in [2.45, 2.75) is 25.2 Å². The maximum Gasteiger partial charge on any atom is 0.573 e. The summed E-state index contributed by atoms with van der Waals surface area (Å²) in [6.45, 7) is 4.87. The van der Waals surface area contributed by atoms with E-state index in [0.29, 0.717) is 6.04 Å². The van der Waals surface area contributed by atoms with Crippen LogP contribution in [0.15, 0.2) is 48.7 Å². The van der Waals surface area contributed by atoms with Crippen LogP contribution < -0.4 is 15.0 Å². The minimum absolute atomic E-state index is 0.153. The summed E-state index contributed by atoms with van der Waals surface area (Å²) in [7, 11) is 0. The van der Waals surface area contributed by atoms with E-state index < -0.39 is 6.36 Å². The van der Waals surface area contributed by atoms with Crippen molar-refractivity contribution < 1.29 is 17.9 Å². The fourth-order valence-electron chi connectivity index (χ4n) is 4.70. The lowest BCUT2D eigenvalue weighted by Crippen LogP contribution is -2.50. The first kappa shape index (κ1) is 20.1. The van der Waals surface area contributed by atoms with E-state index in [1.165, 1.54) is 23.2 Å². The summed E-state index contributed by atoms with van der Waals surface area (Å²) in [4.78, 5) is 8.19. The molecule has 1 aromatic heterocycles. The number of nitrogens with zero attached hydrogens (tertiary/aromatic N) is 2. The zero-order valence-corrected chi connectivity index (χ0v) is 17.1. The first-order valence-corrected chi connectivity index (χ1v) is 10.6. The third kappa shape index (κ3) is 4.44. The number of alkyl halides is 3. The summed E-state index contributed by atoms with van der Waals surface area (Å²) in [5.74, 6) is -0.153. The van der Waals surface area contributed by atoms with E-state index in [1.54, 1.807) is 6.07 Å². The minimum Gasteiger partial charge on any atom is -0.406 e. The Bertz CT molecular complexity index is 1060. The van der Waals surface area contributed by atoms with Crippen molar-refractivity contribution in [3.05, 3.63) is 54.2 Å². The van der Waals surface area contributed by atoms with Gasteiger partial charge >= 0.3 is 6.36 Å². The number of aromatic amines is 1. The van der Waals surface area contributed by atoms with Crippen LogP contribution in [-0.2, 0) is 6.42 Å². The number of hydrogen-bond acceptors (Lipinski definition) is 4. The maximum atomic E-state index is 12.4. The Balaban J connectivity index is 1.17. The van der Waals surface area contributed by atoms with Gasteiger partial charge in [-0.15, -0.1) is 13.2 Å². The van der Waals surface area contributed by atoms with Gasteiger partial charge in [0.1, 0.15) is 5.75 Å². The summed E-state index contributed by atoms with van der Waals surface area (Å²) in [6, 6.07) is 13.4. The van der Waals surface area contributed by atoms with Gasteiger partial charge in [-0.3, -0.25) is 4.90 Å². The first-order valence-electron chi connectivity index (χ1n) is 10.6. The molecule has 0 aliphatic carbocycles. The van der Waals surface area contributed by atoms with Crippen molar-refractivity contribution in [3.8, 4) is 5.75 Å². The molecule has 0 amide bonds. The van der Waals surface area contributed by atoms with Gasteiger partial charge in [0.25, 0.3) is 0 Å². The third-order valence-electron chi connectivity index (χ3n) is 6.20. The molecule has 8 heteroatoms. The van der Waals surface area contributed by atoms with Crippen molar-refractivity contribution in [1.29, 1.82) is 0 Å². The average Bonchev–Trinajstić information content (AvgIpc) is 3.22. The Morgan fingerprint density at radius 2 is 1.87 bits per heavy atom. The Morgan fingerprint density at radius 3 is 2.68 bits per heavy atom. The molecule has 2 N–H and O–H groups in total. The monoisotopic (exact) mass is 430 g/mol. The summed E-state index contributed by atoms with van der Waals surface area (Å²) >= 11 is 0. The lowest BCUT2D eigenvalue weighted by Gasteiger charge is -2.39. The number of nitrogens with one attached hydrogen (secondary N) is 2. The van der Waals surface area contributed by atoms with Crippen LogP contribution in [0.25, 0.3) is 10.9 Å². The fourth-order valence-corrected chi connectivity index (χ4v) is 4.70. The van der Waals surface area contributed by atoms with E-state index in [2.05, 4.69) is 49.1 Å². The molecule has 2 aliphatic rings. The van der Waals surface area contributed by atoms with Crippen LogP contribution >= 0.6 is 0 Å². The van der Waals surface area contributed by atoms with Gasteiger partial charge in [0.05, 0.1) is 0 Å².